The van der Waals surface area contributed by atoms with Crippen molar-refractivity contribution in [2.24, 2.45) is 5.41 Å². The molecule has 8 heteroatoms. The number of benzene rings is 2. The minimum Gasteiger partial charge on any atom is -0.363 e. The molecule has 4 amide bonds. The summed E-state index contributed by atoms with van der Waals surface area (Å²) in [6, 6.07) is 12.0. The van der Waals surface area contributed by atoms with Crippen LogP contribution < -0.4 is 15.1 Å². The normalized spacial score (nSPS) is 26.2. The molecule has 148 valence electrons. The number of nitrogens with zero attached hydrogens (tertiary/aromatic N) is 2. The van der Waals surface area contributed by atoms with E-state index in [0.29, 0.717) is 29.2 Å². The average Bonchev–Trinajstić information content (AvgIpc) is 2.73. The molecular weight excluding hydrogens is 393 g/mol. The van der Waals surface area contributed by atoms with Crippen molar-refractivity contribution >= 4 is 41.0 Å². The molecule has 0 aromatic heterocycles. The molecule has 2 atom stereocenters. The molecule has 3 aliphatic rings. The number of barbiturate groups is 1. The number of halogens is 1. The summed E-state index contributed by atoms with van der Waals surface area (Å²) in [7, 11) is 0. The molecule has 2 fully saturated rings. The van der Waals surface area contributed by atoms with Crippen LogP contribution in [0.15, 0.2) is 48.5 Å². The highest BCUT2D eigenvalue weighted by Gasteiger charge is 2.62. The van der Waals surface area contributed by atoms with Crippen LogP contribution in [0.4, 0.5) is 20.6 Å². The third-order valence-electron chi connectivity index (χ3n) is 5.95. The highest BCUT2D eigenvalue weighted by Crippen LogP contribution is 2.48. The molecule has 2 saturated heterocycles. The zero-order chi connectivity index (χ0) is 20.2. The van der Waals surface area contributed by atoms with E-state index in [-0.39, 0.29) is 12.2 Å². The first kappa shape index (κ1) is 18.2. The van der Waals surface area contributed by atoms with Gasteiger partial charge in [-0.05, 0) is 30.2 Å². The Morgan fingerprint density at radius 3 is 2.66 bits per heavy atom. The lowest BCUT2D eigenvalue weighted by atomic mass is 9.68. The highest BCUT2D eigenvalue weighted by molar-refractivity contribution is 7.99. The summed E-state index contributed by atoms with van der Waals surface area (Å²) in [6.07, 6.45) is 0.0586. The zero-order valence-corrected chi connectivity index (χ0v) is 16.2. The van der Waals surface area contributed by atoms with Crippen LogP contribution >= 0.6 is 11.8 Å². The molecule has 2 aromatic rings. The summed E-state index contributed by atoms with van der Waals surface area (Å²) in [4.78, 5) is 42.5. The molecule has 1 N–H and O–H groups in total. The fourth-order valence-electron chi connectivity index (χ4n) is 4.64. The van der Waals surface area contributed by atoms with Crippen molar-refractivity contribution < 1.29 is 18.8 Å². The summed E-state index contributed by atoms with van der Waals surface area (Å²) in [5, 5.41) is 2.39. The first-order chi connectivity index (χ1) is 14.0. The second kappa shape index (κ2) is 6.59. The Balaban J connectivity index is 1.69. The van der Waals surface area contributed by atoms with Gasteiger partial charge in [-0.3, -0.25) is 14.9 Å². The Bertz CT molecular complexity index is 1030. The van der Waals surface area contributed by atoms with Gasteiger partial charge in [-0.15, -0.1) is 0 Å². The van der Waals surface area contributed by atoms with Gasteiger partial charge in [0, 0.05) is 18.1 Å². The van der Waals surface area contributed by atoms with Crippen LogP contribution in [0.1, 0.15) is 5.56 Å². The summed E-state index contributed by atoms with van der Waals surface area (Å²) < 4.78 is 14.7. The van der Waals surface area contributed by atoms with Crippen LogP contribution in [-0.4, -0.2) is 41.9 Å². The van der Waals surface area contributed by atoms with Crippen molar-refractivity contribution in [3.8, 4) is 0 Å². The standard InChI is InChI=1S/C21H18FN3O3S/c22-15-8-4-5-13-11-21(16-12-29-10-9-24(16)17(13)15)18(26)23-20(28)25(19(21)27)14-6-2-1-3-7-14/h1-8,16H,9-12H2,(H,23,26,28)/t16-,21-/m0/s1. The second-order valence-corrected chi connectivity index (χ2v) is 8.57. The smallest absolute Gasteiger partial charge is 0.335 e. The molecule has 0 saturated carbocycles. The maximum Gasteiger partial charge on any atom is 0.335 e. The Morgan fingerprint density at radius 1 is 1.07 bits per heavy atom. The molecule has 0 aliphatic carbocycles. The van der Waals surface area contributed by atoms with Crippen molar-refractivity contribution in [3.63, 3.8) is 0 Å². The van der Waals surface area contributed by atoms with E-state index in [0.717, 1.165) is 10.7 Å². The number of thioether (sulfide) groups is 1. The number of hydrogen-bond acceptors (Lipinski definition) is 5. The summed E-state index contributed by atoms with van der Waals surface area (Å²) in [6.45, 7) is 0.533. The second-order valence-electron chi connectivity index (χ2n) is 7.42. The quantitative estimate of drug-likeness (QED) is 0.731. The maximum absolute atomic E-state index is 14.7. The average molecular weight is 411 g/mol. The number of para-hydroxylation sites is 2. The van der Waals surface area contributed by atoms with E-state index in [4.69, 9.17) is 0 Å². The fraction of sp³-hybridized carbons (Fsp3) is 0.286. The lowest BCUT2D eigenvalue weighted by Crippen LogP contribution is -2.73. The highest BCUT2D eigenvalue weighted by atomic mass is 32.2. The van der Waals surface area contributed by atoms with E-state index >= 15 is 0 Å². The Kier molecular flexibility index (Phi) is 4.13. The van der Waals surface area contributed by atoms with E-state index in [2.05, 4.69) is 5.32 Å². The number of urea groups is 1. The zero-order valence-electron chi connectivity index (χ0n) is 15.4. The minimum atomic E-state index is -1.49. The molecule has 1 spiro atoms. The van der Waals surface area contributed by atoms with Crippen LogP contribution in [-0.2, 0) is 16.0 Å². The van der Waals surface area contributed by atoms with Gasteiger partial charge in [-0.25, -0.2) is 14.1 Å². The van der Waals surface area contributed by atoms with Crippen LogP contribution in [0.5, 0.6) is 0 Å². The van der Waals surface area contributed by atoms with Crippen molar-refractivity contribution in [2.45, 2.75) is 12.5 Å². The molecule has 2 aromatic carbocycles. The van der Waals surface area contributed by atoms with Gasteiger partial charge in [-0.2, -0.15) is 11.8 Å². The molecule has 0 unspecified atom stereocenters. The number of carbonyl (C=O) groups excluding carboxylic acids is 3. The predicted octanol–water partition coefficient (Wildman–Crippen LogP) is 2.57. The van der Waals surface area contributed by atoms with Gasteiger partial charge < -0.3 is 4.90 Å². The monoisotopic (exact) mass is 411 g/mol. The lowest BCUT2D eigenvalue weighted by Gasteiger charge is -2.53. The summed E-state index contributed by atoms with van der Waals surface area (Å²) >= 11 is 1.63. The van der Waals surface area contributed by atoms with Gasteiger partial charge in [0.1, 0.15) is 5.82 Å². The number of imide groups is 2. The molecule has 29 heavy (non-hydrogen) atoms. The van der Waals surface area contributed by atoms with Crippen molar-refractivity contribution in [1.29, 1.82) is 0 Å². The fourth-order valence-corrected chi connectivity index (χ4v) is 5.82. The Hall–Kier alpha value is -2.87. The van der Waals surface area contributed by atoms with Crippen molar-refractivity contribution in [1.82, 2.24) is 5.32 Å². The summed E-state index contributed by atoms with van der Waals surface area (Å²) in [5.74, 6) is -0.229. The van der Waals surface area contributed by atoms with Crippen LogP contribution in [0.3, 0.4) is 0 Å². The molecule has 6 nitrogen and oxygen atoms in total. The SMILES string of the molecule is O=C1NC(=O)[C@@]2(Cc3cccc(F)c3N3CCSC[C@H]32)C(=O)N1c1ccccc1. The predicted molar refractivity (Wildman–Crippen MR) is 108 cm³/mol. The van der Waals surface area contributed by atoms with Crippen LogP contribution in [0.25, 0.3) is 0 Å². The van der Waals surface area contributed by atoms with E-state index in [1.54, 1.807) is 54.2 Å². The van der Waals surface area contributed by atoms with Gasteiger partial charge in [0.2, 0.25) is 5.91 Å². The number of anilines is 2. The number of rotatable bonds is 1. The third-order valence-corrected chi connectivity index (χ3v) is 6.97. The third kappa shape index (κ3) is 2.51. The van der Waals surface area contributed by atoms with Crippen molar-refractivity contribution in [3.05, 3.63) is 59.9 Å². The lowest BCUT2D eigenvalue weighted by molar-refractivity contribution is -0.144. The van der Waals surface area contributed by atoms with Crippen LogP contribution in [0.2, 0.25) is 0 Å². The Labute approximate surface area is 171 Å². The van der Waals surface area contributed by atoms with Gasteiger partial charge >= 0.3 is 6.03 Å². The van der Waals surface area contributed by atoms with Gasteiger partial charge in [0.05, 0.1) is 17.4 Å². The maximum atomic E-state index is 14.7. The molecule has 5 rings (SSSR count). The first-order valence-corrected chi connectivity index (χ1v) is 10.6. The van der Waals surface area contributed by atoms with Gasteiger partial charge in [0.25, 0.3) is 5.91 Å². The van der Waals surface area contributed by atoms with E-state index in [9.17, 15) is 18.8 Å². The molecule has 3 heterocycles. The van der Waals surface area contributed by atoms with Crippen LogP contribution in [0, 0.1) is 11.2 Å². The number of hydrogen-bond donors (Lipinski definition) is 1. The van der Waals surface area contributed by atoms with E-state index in [1.165, 1.54) is 6.07 Å². The largest absolute Gasteiger partial charge is 0.363 e. The number of nitrogens with one attached hydrogen (secondary N) is 1. The molecular formula is C21H18FN3O3S. The van der Waals surface area contributed by atoms with Crippen molar-refractivity contribution in [2.75, 3.05) is 27.9 Å². The first-order valence-electron chi connectivity index (χ1n) is 9.41. The van der Waals surface area contributed by atoms with Gasteiger partial charge in [-0.1, -0.05) is 30.3 Å². The molecule has 0 bridgehead atoms. The molecule has 3 aliphatic heterocycles. The minimum absolute atomic E-state index is 0.0586. The summed E-state index contributed by atoms with van der Waals surface area (Å²) in [5.41, 5.74) is -0.00839. The number of amides is 4. The topological polar surface area (TPSA) is 69.7 Å². The van der Waals surface area contributed by atoms with E-state index < -0.39 is 29.3 Å². The van der Waals surface area contributed by atoms with Gasteiger partial charge in [0.15, 0.2) is 5.41 Å². The number of carbonyl (C=O) groups is 3. The number of fused-ring (bicyclic) bond motifs is 4. The Morgan fingerprint density at radius 2 is 1.86 bits per heavy atom. The molecule has 0 radical (unpaired) electrons. The van der Waals surface area contributed by atoms with E-state index in [1.807, 2.05) is 4.90 Å².